The Hall–Kier alpha value is -5.08. The maximum absolute atomic E-state index is 2.42. The lowest BCUT2D eigenvalue weighted by atomic mass is 9.67. The molecule has 0 atom stereocenters. The zero-order valence-electron chi connectivity index (χ0n) is 24.3. The molecule has 0 unspecified atom stereocenters. The summed E-state index contributed by atoms with van der Waals surface area (Å²) in [4.78, 5) is 0. The largest absolute Gasteiger partial charge is 0.316 e. The fourth-order valence-corrected chi connectivity index (χ4v) is 6.78. The second kappa shape index (κ2) is 10.4. The van der Waals surface area contributed by atoms with E-state index in [2.05, 4.69) is 182 Å². The number of para-hydroxylation sites is 4. The second-order valence-electron chi connectivity index (χ2n) is 11.2. The molecule has 42 heavy (non-hydrogen) atoms. The molecule has 2 heterocycles. The predicted octanol–water partition coefficient (Wildman–Crippen LogP) is 10.3. The average Bonchev–Trinajstić information content (AvgIpc) is 3.63. The Morgan fingerprint density at radius 2 is 0.976 bits per heavy atom. The van der Waals surface area contributed by atoms with E-state index >= 15 is 0 Å². The van der Waals surface area contributed by atoms with E-state index in [-0.39, 0.29) is 0 Å². The van der Waals surface area contributed by atoms with Crippen LogP contribution in [0.15, 0.2) is 152 Å². The van der Waals surface area contributed by atoms with Gasteiger partial charge in [0.1, 0.15) is 0 Å². The van der Waals surface area contributed by atoms with Crippen LogP contribution in [0.5, 0.6) is 0 Å². The summed E-state index contributed by atoms with van der Waals surface area (Å²) in [5, 5.41) is 2.52. The van der Waals surface area contributed by atoms with Crippen molar-refractivity contribution in [1.82, 2.24) is 9.13 Å². The van der Waals surface area contributed by atoms with E-state index in [0.717, 1.165) is 11.4 Å². The van der Waals surface area contributed by atoms with Crippen molar-refractivity contribution in [3.05, 3.63) is 174 Å². The van der Waals surface area contributed by atoms with Gasteiger partial charge in [0, 0.05) is 40.0 Å². The SMILES string of the molecule is C/C=C(\c1ccccc1C)C(C)(c1cn(-c2ccccc2)c2ccccc12)c1cn(-c2ccccc2)c2ccccc12. The molecule has 2 nitrogen and oxygen atoms in total. The minimum Gasteiger partial charge on any atom is -0.316 e. The smallest absolute Gasteiger partial charge is 0.0531 e. The van der Waals surface area contributed by atoms with Crippen LogP contribution < -0.4 is 0 Å². The summed E-state index contributed by atoms with van der Waals surface area (Å²) in [5.41, 5.74) is 10.7. The molecular weight excluding hydrogens is 508 g/mol. The molecule has 0 aliphatic heterocycles. The van der Waals surface area contributed by atoms with E-state index in [1.807, 2.05) is 0 Å². The van der Waals surface area contributed by atoms with Crippen molar-refractivity contribution in [3.8, 4) is 11.4 Å². The monoisotopic (exact) mass is 542 g/mol. The van der Waals surface area contributed by atoms with Gasteiger partial charge in [0.25, 0.3) is 0 Å². The molecule has 2 aromatic heterocycles. The van der Waals surface area contributed by atoms with E-state index in [0.29, 0.717) is 0 Å². The van der Waals surface area contributed by atoms with Crippen LogP contribution in [0.2, 0.25) is 0 Å². The van der Waals surface area contributed by atoms with Crippen molar-refractivity contribution in [1.29, 1.82) is 0 Å². The van der Waals surface area contributed by atoms with Gasteiger partial charge in [-0.1, -0.05) is 103 Å². The maximum atomic E-state index is 2.42. The molecule has 7 rings (SSSR count). The first-order valence-corrected chi connectivity index (χ1v) is 14.7. The van der Waals surface area contributed by atoms with E-state index in [1.54, 1.807) is 0 Å². The van der Waals surface area contributed by atoms with Crippen molar-refractivity contribution in [2.24, 2.45) is 0 Å². The summed E-state index contributed by atoms with van der Waals surface area (Å²) >= 11 is 0. The van der Waals surface area contributed by atoms with Crippen LogP contribution in [0.4, 0.5) is 0 Å². The summed E-state index contributed by atoms with van der Waals surface area (Å²) in [6, 6.07) is 47.8. The lowest BCUT2D eigenvalue weighted by Crippen LogP contribution is -2.26. The molecule has 5 aromatic carbocycles. The van der Waals surface area contributed by atoms with Crippen LogP contribution in [0, 0.1) is 6.92 Å². The van der Waals surface area contributed by atoms with Gasteiger partial charge in [0.2, 0.25) is 0 Å². The standard InChI is InChI=1S/C40H34N2/c1-4-35(32-22-12-11-17-29(32)2)40(3,36-27-41(30-18-7-5-8-19-30)38-25-15-13-23-33(36)38)37-28-42(31-20-9-6-10-21-31)39-26-16-14-24-34(37)39/h4-28H,1-3H3/b35-4+. The number of fused-ring (bicyclic) bond motifs is 2. The van der Waals surface area contributed by atoms with E-state index in [4.69, 9.17) is 0 Å². The Bertz CT molecular complexity index is 1940. The number of aryl methyl sites for hydroxylation is 1. The molecule has 0 saturated heterocycles. The maximum Gasteiger partial charge on any atom is 0.0531 e. The van der Waals surface area contributed by atoms with E-state index in [9.17, 15) is 0 Å². The van der Waals surface area contributed by atoms with Gasteiger partial charge in [0.15, 0.2) is 0 Å². The molecule has 2 heteroatoms. The first-order valence-electron chi connectivity index (χ1n) is 14.7. The second-order valence-corrected chi connectivity index (χ2v) is 11.2. The summed E-state index contributed by atoms with van der Waals surface area (Å²) in [6.45, 7) is 6.83. The van der Waals surface area contributed by atoms with Crippen molar-refractivity contribution in [3.63, 3.8) is 0 Å². The van der Waals surface area contributed by atoms with Crippen molar-refractivity contribution in [2.45, 2.75) is 26.2 Å². The molecule has 7 aromatic rings. The number of aromatic nitrogens is 2. The molecule has 204 valence electrons. The normalized spacial score (nSPS) is 12.3. The minimum absolute atomic E-state index is 0.472. The zero-order chi connectivity index (χ0) is 28.7. The van der Waals surface area contributed by atoms with Gasteiger partial charge < -0.3 is 9.13 Å². The molecule has 0 bridgehead atoms. The average molecular weight is 543 g/mol. The third kappa shape index (κ3) is 4.02. The van der Waals surface area contributed by atoms with Crippen molar-refractivity contribution >= 4 is 27.4 Å². The molecule has 0 N–H and O–H groups in total. The van der Waals surface area contributed by atoms with Gasteiger partial charge >= 0.3 is 0 Å². The Labute approximate surface area is 247 Å². The number of rotatable bonds is 6. The van der Waals surface area contributed by atoms with E-state index < -0.39 is 5.41 Å². The fraction of sp³-hybridized carbons (Fsp3) is 0.100. The number of hydrogen-bond donors (Lipinski definition) is 0. The Morgan fingerprint density at radius 1 is 0.548 bits per heavy atom. The Morgan fingerprint density at radius 3 is 1.45 bits per heavy atom. The Balaban J connectivity index is 1.61. The molecule has 0 fully saturated rings. The molecule has 0 radical (unpaired) electrons. The van der Waals surface area contributed by atoms with Crippen molar-refractivity contribution < 1.29 is 0 Å². The summed E-state index contributed by atoms with van der Waals surface area (Å²) in [5.74, 6) is 0. The van der Waals surface area contributed by atoms with Gasteiger partial charge in [-0.05, 0) is 85.0 Å². The van der Waals surface area contributed by atoms with Gasteiger partial charge in [-0.3, -0.25) is 0 Å². The third-order valence-electron chi connectivity index (χ3n) is 8.83. The van der Waals surface area contributed by atoms with Crippen LogP contribution in [0.1, 0.15) is 36.1 Å². The minimum atomic E-state index is -0.472. The highest BCUT2D eigenvalue weighted by Crippen LogP contribution is 2.50. The first-order chi connectivity index (χ1) is 20.6. The number of allylic oxidation sites excluding steroid dienone is 2. The number of nitrogens with zero attached hydrogens (tertiary/aromatic N) is 2. The summed E-state index contributed by atoms with van der Waals surface area (Å²) < 4.78 is 4.70. The molecular formula is C40H34N2. The summed E-state index contributed by atoms with van der Waals surface area (Å²) in [6.07, 6.45) is 7.07. The summed E-state index contributed by atoms with van der Waals surface area (Å²) in [7, 11) is 0. The Kier molecular flexibility index (Phi) is 6.40. The van der Waals surface area contributed by atoms with E-state index in [1.165, 1.54) is 49.6 Å². The molecule has 0 amide bonds. The van der Waals surface area contributed by atoms with Gasteiger partial charge in [-0.15, -0.1) is 0 Å². The number of benzene rings is 5. The van der Waals surface area contributed by atoms with Gasteiger partial charge in [-0.2, -0.15) is 0 Å². The zero-order valence-corrected chi connectivity index (χ0v) is 24.3. The van der Waals surface area contributed by atoms with Crippen molar-refractivity contribution in [2.75, 3.05) is 0 Å². The van der Waals surface area contributed by atoms with Crippen LogP contribution in [-0.2, 0) is 5.41 Å². The van der Waals surface area contributed by atoms with Gasteiger partial charge in [-0.25, -0.2) is 0 Å². The molecule has 0 aliphatic carbocycles. The van der Waals surface area contributed by atoms with Crippen LogP contribution >= 0.6 is 0 Å². The lowest BCUT2D eigenvalue weighted by Gasteiger charge is -2.34. The first kappa shape index (κ1) is 25.9. The molecule has 0 aliphatic rings. The number of hydrogen-bond acceptors (Lipinski definition) is 0. The fourth-order valence-electron chi connectivity index (χ4n) is 6.78. The lowest BCUT2D eigenvalue weighted by molar-refractivity contribution is 0.753. The molecule has 0 spiro atoms. The highest BCUT2D eigenvalue weighted by molar-refractivity contribution is 5.97. The van der Waals surface area contributed by atoms with Crippen LogP contribution in [0.25, 0.3) is 38.8 Å². The highest BCUT2D eigenvalue weighted by atomic mass is 15.0. The molecule has 0 saturated carbocycles. The third-order valence-corrected chi connectivity index (χ3v) is 8.83. The van der Waals surface area contributed by atoms with Crippen LogP contribution in [-0.4, -0.2) is 9.13 Å². The quantitative estimate of drug-likeness (QED) is 0.198. The van der Waals surface area contributed by atoms with Gasteiger partial charge in [0.05, 0.1) is 11.0 Å². The predicted molar refractivity (Wildman–Crippen MR) is 178 cm³/mol. The topological polar surface area (TPSA) is 9.86 Å². The van der Waals surface area contributed by atoms with Crippen LogP contribution in [0.3, 0.4) is 0 Å². The highest BCUT2D eigenvalue weighted by Gasteiger charge is 2.39.